The van der Waals surface area contributed by atoms with Gasteiger partial charge in [-0.3, -0.25) is 0 Å². The second-order valence-corrected chi connectivity index (χ2v) is 7.85. The van der Waals surface area contributed by atoms with Crippen LogP contribution in [0, 0.1) is 5.92 Å². The first-order chi connectivity index (χ1) is 9.28. The molecule has 112 valence electrons. The van der Waals surface area contributed by atoms with Crippen molar-refractivity contribution in [2.24, 2.45) is 5.92 Å². The topological polar surface area (TPSA) is 12.0 Å². The van der Waals surface area contributed by atoms with E-state index in [1.165, 1.54) is 24.0 Å². The third kappa shape index (κ3) is 3.25. The van der Waals surface area contributed by atoms with Gasteiger partial charge >= 0.3 is 0 Å². The molecule has 1 aliphatic carbocycles. The van der Waals surface area contributed by atoms with Crippen LogP contribution in [-0.4, -0.2) is 12.1 Å². The van der Waals surface area contributed by atoms with Crippen LogP contribution in [0.25, 0.3) is 0 Å². The SMILES string of the molecule is CCC1CC1(CNC(C)(C)C)c1ccc(C(C)C)cc1. The number of hydrogen-bond donors (Lipinski definition) is 1. The quantitative estimate of drug-likeness (QED) is 0.807. The van der Waals surface area contributed by atoms with E-state index >= 15 is 0 Å². The third-order valence-electron chi connectivity index (χ3n) is 4.81. The molecule has 2 unspecified atom stereocenters. The van der Waals surface area contributed by atoms with E-state index in [2.05, 4.69) is 71.1 Å². The first kappa shape index (κ1) is 15.6. The molecule has 0 heterocycles. The van der Waals surface area contributed by atoms with E-state index in [-0.39, 0.29) is 5.54 Å². The van der Waals surface area contributed by atoms with Crippen LogP contribution in [-0.2, 0) is 5.41 Å². The van der Waals surface area contributed by atoms with Crippen LogP contribution in [0.3, 0.4) is 0 Å². The molecule has 0 saturated heterocycles. The molecule has 1 saturated carbocycles. The van der Waals surface area contributed by atoms with Gasteiger partial charge in [0.05, 0.1) is 0 Å². The maximum atomic E-state index is 3.72. The summed E-state index contributed by atoms with van der Waals surface area (Å²) in [4.78, 5) is 0. The molecule has 1 fully saturated rings. The Morgan fingerprint density at radius 1 is 1.20 bits per heavy atom. The van der Waals surface area contributed by atoms with E-state index in [4.69, 9.17) is 0 Å². The summed E-state index contributed by atoms with van der Waals surface area (Å²) >= 11 is 0. The lowest BCUT2D eigenvalue weighted by atomic mass is 9.89. The predicted molar refractivity (Wildman–Crippen MR) is 88.4 cm³/mol. The number of benzene rings is 1. The van der Waals surface area contributed by atoms with Crippen LogP contribution in [0.15, 0.2) is 24.3 Å². The Hall–Kier alpha value is -0.820. The van der Waals surface area contributed by atoms with Gasteiger partial charge in [-0.2, -0.15) is 0 Å². The van der Waals surface area contributed by atoms with E-state index in [0.29, 0.717) is 11.3 Å². The van der Waals surface area contributed by atoms with Crippen molar-refractivity contribution in [2.75, 3.05) is 6.54 Å². The largest absolute Gasteiger partial charge is 0.311 e. The third-order valence-corrected chi connectivity index (χ3v) is 4.81. The van der Waals surface area contributed by atoms with E-state index in [9.17, 15) is 0 Å². The van der Waals surface area contributed by atoms with Gasteiger partial charge in [0, 0.05) is 17.5 Å². The lowest BCUT2D eigenvalue weighted by molar-refractivity contribution is 0.388. The van der Waals surface area contributed by atoms with Crippen LogP contribution in [0.5, 0.6) is 0 Å². The first-order valence-corrected chi connectivity index (χ1v) is 8.14. The summed E-state index contributed by atoms with van der Waals surface area (Å²) in [5.41, 5.74) is 3.57. The Morgan fingerprint density at radius 3 is 2.20 bits per heavy atom. The van der Waals surface area contributed by atoms with Crippen molar-refractivity contribution in [3.63, 3.8) is 0 Å². The van der Waals surface area contributed by atoms with E-state index in [1.807, 2.05) is 0 Å². The molecule has 1 N–H and O–H groups in total. The number of hydrogen-bond acceptors (Lipinski definition) is 1. The first-order valence-electron chi connectivity index (χ1n) is 8.14. The molecule has 0 spiro atoms. The fraction of sp³-hybridized carbons (Fsp3) is 0.684. The Bertz CT molecular complexity index is 438. The molecule has 0 radical (unpaired) electrons. The highest BCUT2D eigenvalue weighted by Crippen LogP contribution is 2.55. The molecule has 1 aromatic carbocycles. The molecule has 0 amide bonds. The zero-order valence-corrected chi connectivity index (χ0v) is 14.1. The van der Waals surface area contributed by atoms with Crippen molar-refractivity contribution in [3.8, 4) is 0 Å². The highest BCUT2D eigenvalue weighted by Gasteiger charge is 2.53. The standard InChI is InChI=1S/C19H31N/c1-7-16-12-19(16,13-20-18(4,5)6)17-10-8-15(9-11-17)14(2)3/h8-11,14,16,20H,7,12-13H2,1-6H3. The minimum absolute atomic E-state index is 0.200. The maximum Gasteiger partial charge on any atom is 0.0109 e. The van der Waals surface area contributed by atoms with Crippen LogP contribution in [0.4, 0.5) is 0 Å². The van der Waals surface area contributed by atoms with Crippen molar-refractivity contribution >= 4 is 0 Å². The summed E-state index contributed by atoms with van der Waals surface area (Å²) in [6.45, 7) is 14.7. The monoisotopic (exact) mass is 273 g/mol. The molecular weight excluding hydrogens is 242 g/mol. The number of rotatable bonds is 5. The Kier molecular flexibility index (Phi) is 4.30. The van der Waals surface area contributed by atoms with Crippen LogP contribution in [0.2, 0.25) is 0 Å². The van der Waals surface area contributed by atoms with Gasteiger partial charge in [-0.05, 0) is 50.2 Å². The number of nitrogens with one attached hydrogen (secondary N) is 1. The molecule has 1 nitrogen and oxygen atoms in total. The van der Waals surface area contributed by atoms with Crippen molar-refractivity contribution < 1.29 is 0 Å². The lowest BCUT2D eigenvalue weighted by Crippen LogP contribution is -2.41. The summed E-state index contributed by atoms with van der Waals surface area (Å²) < 4.78 is 0. The van der Waals surface area contributed by atoms with Gasteiger partial charge in [-0.15, -0.1) is 0 Å². The Labute approximate surface area is 125 Å². The molecule has 0 bridgehead atoms. The molecule has 1 heteroatoms. The summed E-state index contributed by atoms with van der Waals surface area (Å²) in [5, 5.41) is 3.72. The van der Waals surface area contributed by atoms with Gasteiger partial charge in [0.15, 0.2) is 0 Å². The molecule has 20 heavy (non-hydrogen) atoms. The summed E-state index contributed by atoms with van der Waals surface area (Å²) in [7, 11) is 0. The highest BCUT2D eigenvalue weighted by molar-refractivity contribution is 5.37. The van der Waals surface area contributed by atoms with Crippen LogP contribution >= 0.6 is 0 Å². The van der Waals surface area contributed by atoms with E-state index in [1.54, 1.807) is 0 Å². The van der Waals surface area contributed by atoms with Gasteiger partial charge in [0.25, 0.3) is 0 Å². The van der Waals surface area contributed by atoms with E-state index < -0.39 is 0 Å². The normalized spacial score (nSPS) is 26.1. The van der Waals surface area contributed by atoms with Gasteiger partial charge in [-0.1, -0.05) is 51.5 Å². The van der Waals surface area contributed by atoms with Gasteiger partial charge < -0.3 is 5.32 Å². The summed E-state index contributed by atoms with van der Waals surface area (Å²) in [5.74, 6) is 1.47. The zero-order valence-electron chi connectivity index (χ0n) is 14.1. The van der Waals surface area contributed by atoms with Crippen LogP contribution < -0.4 is 5.32 Å². The molecule has 1 aromatic rings. The minimum atomic E-state index is 0.200. The second-order valence-electron chi connectivity index (χ2n) is 7.85. The van der Waals surface area contributed by atoms with Gasteiger partial charge in [0.2, 0.25) is 0 Å². The lowest BCUT2D eigenvalue weighted by Gasteiger charge is -2.27. The average Bonchev–Trinajstić information content (AvgIpc) is 3.11. The fourth-order valence-corrected chi connectivity index (χ4v) is 3.21. The van der Waals surface area contributed by atoms with Gasteiger partial charge in [0.1, 0.15) is 0 Å². The molecule has 2 atom stereocenters. The smallest absolute Gasteiger partial charge is 0.0109 e. The van der Waals surface area contributed by atoms with Crippen molar-refractivity contribution in [1.82, 2.24) is 5.32 Å². The van der Waals surface area contributed by atoms with E-state index in [0.717, 1.165) is 12.5 Å². The van der Waals surface area contributed by atoms with Crippen molar-refractivity contribution in [2.45, 2.75) is 71.3 Å². The summed E-state index contributed by atoms with van der Waals surface area (Å²) in [6.07, 6.45) is 2.63. The van der Waals surface area contributed by atoms with Gasteiger partial charge in [-0.25, -0.2) is 0 Å². The Morgan fingerprint density at radius 2 is 1.80 bits per heavy atom. The molecular formula is C19H31N. The molecule has 0 aliphatic heterocycles. The predicted octanol–water partition coefficient (Wildman–Crippen LogP) is 4.87. The van der Waals surface area contributed by atoms with Crippen molar-refractivity contribution in [1.29, 1.82) is 0 Å². The molecule has 1 aliphatic rings. The summed E-state index contributed by atoms with van der Waals surface area (Å²) in [6, 6.07) is 9.39. The average molecular weight is 273 g/mol. The Balaban J connectivity index is 2.17. The van der Waals surface area contributed by atoms with Crippen LogP contribution in [0.1, 0.15) is 71.4 Å². The maximum absolute atomic E-state index is 3.72. The highest BCUT2D eigenvalue weighted by atomic mass is 15.0. The molecule has 0 aromatic heterocycles. The van der Waals surface area contributed by atoms with Crippen molar-refractivity contribution in [3.05, 3.63) is 35.4 Å². The second kappa shape index (κ2) is 5.52. The minimum Gasteiger partial charge on any atom is -0.311 e. The fourth-order valence-electron chi connectivity index (χ4n) is 3.21. The zero-order chi connectivity index (χ0) is 15.0. The molecule has 2 rings (SSSR count).